The van der Waals surface area contributed by atoms with Gasteiger partial charge in [0.1, 0.15) is 5.82 Å². The zero-order valence-electron chi connectivity index (χ0n) is 14.3. The second kappa shape index (κ2) is 5.61. The van der Waals surface area contributed by atoms with E-state index in [9.17, 15) is 14.4 Å². The summed E-state index contributed by atoms with van der Waals surface area (Å²) in [5.41, 5.74) is 7.46. The van der Waals surface area contributed by atoms with Crippen LogP contribution in [0, 0.1) is 0 Å². The number of nitrogens with zero attached hydrogens (tertiary/aromatic N) is 4. The molecule has 5 rings (SSSR count). The molecule has 1 aliphatic heterocycles. The number of hydrogen-bond donors (Lipinski definition) is 2. The molecule has 3 N–H and O–H groups in total. The Morgan fingerprint density at radius 2 is 1.89 bits per heavy atom. The van der Waals surface area contributed by atoms with Crippen LogP contribution in [-0.2, 0) is 0 Å². The predicted octanol–water partition coefficient (Wildman–Crippen LogP) is 1.01. The highest BCUT2D eigenvalue weighted by molar-refractivity contribution is 6.23. The first-order valence-corrected chi connectivity index (χ1v) is 8.34. The van der Waals surface area contributed by atoms with E-state index >= 15 is 0 Å². The zero-order chi connectivity index (χ0) is 19.4. The van der Waals surface area contributed by atoms with E-state index in [1.807, 2.05) is 18.5 Å². The van der Waals surface area contributed by atoms with Gasteiger partial charge in [-0.15, -0.1) is 0 Å². The molecule has 0 aliphatic carbocycles. The van der Waals surface area contributed by atoms with E-state index in [2.05, 4.69) is 15.3 Å². The van der Waals surface area contributed by atoms with Crippen LogP contribution in [0.15, 0.2) is 59.8 Å². The molecular weight excluding hydrogens is 360 g/mol. The van der Waals surface area contributed by atoms with E-state index < -0.39 is 17.4 Å². The van der Waals surface area contributed by atoms with Gasteiger partial charge in [0.05, 0.1) is 22.5 Å². The first-order valence-electron chi connectivity index (χ1n) is 8.34. The number of aromatic nitrogens is 4. The number of rotatable bonds is 2. The maximum Gasteiger partial charge on any atom is 0.262 e. The van der Waals surface area contributed by atoms with Gasteiger partial charge in [-0.1, -0.05) is 12.1 Å². The number of nitrogens with two attached hydrogens (primary N) is 1. The molecule has 28 heavy (non-hydrogen) atoms. The van der Waals surface area contributed by atoms with Gasteiger partial charge >= 0.3 is 0 Å². The fourth-order valence-electron chi connectivity index (χ4n) is 3.32. The van der Waals surface area contributed by atoms with E-state index in [0.717, 1.165) is 11.6 Å². The summed E-state index contributed by atoms with van der Waals surface area (Å²) in [4.78, 5) is 45.1. The summed E-state index contributed by atoms with van der Waals surface area (Å²) >= 11 is 0. The number of pyridine rings is 1. The van der Waals surface area contributed by atoms with Gasteiger partial charge in [0, 0.05) is 30.2 Å². The second-order valence-electron chi connectivity index (χ2n) is 6.28. The van der Waals surface area contributed by atoms with Crippen molar-refractivity contribution in [2.75, 3.05) is 5.73 Å². The molecule has 0 saturated heterocycles. The lowest BCUT2D eigenvalue weighted by Crippen LogP contribution is -2.24. The Kier molecular flexibility index (Phi) is 3.20. The third kappa shape index (κ3) is 2.23. The molecule has 9 nitrogen and oxygen atoms in total. The van der Waals surface area contributed by atoms with E-state index in [1.165, 1.54) is 4.57 Å². The van der Waals surface area contributed by atoms with E-state index in [1.54, 1.807) is 34.9 Å². The van der Waals surface area contributed by atoms with Crippen molar-refractivity contribution in [3.63, 3.8) is 0 Å². The van der Waals surface area contributed by atoms with Crippen molar-refractivity contribution in [2.24, 2.45) is 0 Å². The van der Waals surface area contributed by atoms with Gasteiger partial charge in [0.15, 0.2) is 0 Å². The molecule has 0 atom stereocenters. The summed E-state index contributed by atoms with van der Waals surface area (Å²) < 4.78 is 2.99. The molecular formula is C19H12N6O3. The molecule has 1 aromatic carbocycles. The van der Waals surface area contributed by atoms with Gasteiger partial charge in [0.2, 0.25) is 5.78 Å². The normalized spacial score (nSPS) is 13.0. The van der Waals surface area contributed by atoms with Gasteiger partial charge in [-0.25, -0.2) is 9.97 Å². The Balaban J connectivity index is 1.69. The highest BCUT2D eigenvalue weighted by Crippen LogP contribution is 2.25. The van der Waals surface area contributed by atoms with Crippen LogP contribution in [0.2, 0.25) is 0 Å². The van der Waals surface area contributed by atoms with E-state index in [0.29, 0.717) is 17.2 Å². The van der Waals surface area contributed by atoms with Gasteiger partial charge in [0.25, 0.3) is 17.4 Å². The quantitative estimate of drug-likeness (QED) is 0.506. The molecule has 0 spiro atoms. The lowest BCUT2D eigenvalue weighted by Gasteiger charge is -2.12. The number of nitrogen functional groups attached to an aromatic ring is 1. The smallest absolute Gasteiger partial charge is 0.262 e. The fraction of sp³-hybridized carbons (Fsp3) is 0. The Bertz CT molecular complexity index is 1330. The number of amides is 2. The van der Waals surface area contributed by atoms with Crippen LogP contribution in [0.5, 0.6) is 0 Å². The predicted molar refractivity (Wildman–Crippen MR) is 100 cm³/mol. The minimum Gasteiger partial charge on any atom is -0.384 e. The van der Waals surface area contributed by atoms with Crippen LogP contribution in [0.4, 0.5) is 5.82 Å². The van der Waals surface area contributed by atoms with Gasteiger partial charge in [-0.05, 0) is 18.2 Å². The van der Waals surface area contributed by atoms with Gasteiger partial charge in [-0.3, -0.25) is 28.7 Å². The number of imidazole rings is 1. The number of nitrogens with one attached hydrogen (secondary N) is 1. The Morgan fingerprint density at radius 1 is 1.04 bits per heavy atom. The van der Waals surface area contributed by atoms with Crippen molar-refractivity contribution in [1.82, 2.24) is 24.3 Å². The van der Waals surface area contributed by atoms with Crippen molar-refractivity contribution in [2.45, 2.75) is 0 Å². The van der Waals surface area contributed by atoms with Crippen molar-refractivity contribution < 1.29 is 9.59 Å². The summed E-state index contributed by atoms with van der Waals surface area (Å²) in [7, 11) is 0. The Labute approximate surface area is 157 Å². The Hall–Kier alpha value is -4.27. The van der Waals surface area contributed by atoms with Crippen LogP contribution < -0.4 is 16.6 Å². The molecule has 1 aliphatic rings. The van der Waals surface area contributed by atoms with Crippen molar-refractivity contribution >= 4 is 23.4 Å². The minimum absolute atomic E-state index is 0.00642. The molecule has 3 aromatic heterocycles. The lowest BCUT2D eigenvalue weighted by atomic mass is 10.1. The molecule has 0 fully saturated rings. The zero-order valence-corrected chi connectivity index (χ0v) is 14.3. The summed E-state index contributed by atoms with van der Waals surface area (Å²) in [5.74, 6) is -0.775. The van der Waals surface area contributed by atoms with E-state index in [-0.39, 0.29) is 16.9 Å². The summed E-state index contributed by atoms with van der Waals surface area (Å²) in [5, 5.41) is 2.15. The van der Waals surface area contributed by atoms with Gasteiger partial charge < -0.3 is 5.73 Å². The number of hydrogen-bond acceptors (Lipinski definition) is 6. The average molecular weight is 372 g/mol. The topological polar surface area (TPSA) is 124 Å². The van der Waals surface area contributed by atoms with Crippen molar-refractivity contribution in [1.29, 1.82) is 0 Å². The third-order valence-electron chi connectivity index (χ3n) is 4.59. The van der Waals surface area contributed by atoms with Crippen LogP contribution >= 0.6 is 0 Å². The highest BCUT2D eigenvalue weighted by Gasteiger charge is 2.31. The number of imide groups is 1. The minimum atomic E-state index is -0.623. The standard InChI is InChI=1S/C19H12N6O3/c20-16-15-12(17(27)23-18(15)28)8-14(26)25(16)11-4-1-3-10(7-11)13-9-24-6-2-5-21-19(24)22-13/h1-9H,20H2,(H,23,27,28). The maximum absolute atomic E-state index is 12.6. The number of benzene rings is 1. The summed E-state index contributed by atoms with van der Waals surface area (Å²) in [6.45, 7) is 0. The molecule has 2 amide bonds. The SMILES string of the molecule is Nc1c2c(cc(=O)n1-c1cccc(-c3cn4cccnc4n3)c1)C(=O)NC2=O. The largest absolute Gasteiger partial charge is 0.384 e. The molecule has 9 heteroatoms. The second-order valence-corrected chi connectivity index (χ2v) is 6.28. The van der Waals surface area contributed by atoms with Crippen LogP contribution in [-0.4, -0.2) is 30.8 Å². The number of fused-ring (bicyclic) bond motifs is 2. The third-order valence-corrected chi connectivity index (χ3v) is 4.59. The highest BCUT2D eigenvalue weighted by atomic mass is 16.2. The summed E-state index contributed by atoms with van der Waals surface area (Å²) in [6, 6.07) is 9.94. The first-order chi connectivity index (χ1) is 13.5. The Morgan fingerprint density at radius 3 is 2.71 bits per heavy atom. The van der Waals surface area contributed by atoms with Crippen LogP contribution in [0.3, 0.4) is 0 Å². The van der Waals surface area contributed by atoms with Gasteiger partial charge in [-0.2, -0.15) is 0 Å². The molecule has 0 bridgehead atoms. The molecule has 136 valence electrons. The summed E-state index contributed by atoms with van der Waals surface area (Å²) in [6.07, 6.45) is 5.31. The van der Waals surface area contributed by atoms with Crippen molar-refractivity contribution in [3.8, 4) is 16.9 Å². The molecule has 0 radical (unpaired) electrons. The van der Waals surface area contributed by atoms with Crippen molar-refractivity contribution in [3.05, 3.63) is 76.5 Å². The lowest BCUT2D eigenvalue weighted by molar-refractivity contribution is 0.0880. The maximum atomic E-state index is 12.6. The molecule has 4 aromatic rings. The number of anilines is 1. The van der Waals surface area contributed by atoms with Crippen LogP contribution in [0.25, 0.3) is 22.7 Å². The molecule has 0 saturated carbocycles. The van der Waals surface area contributed by atoms with E-state index in [4.69, 9.17) is 5.73 Å². The molecule has 4 heterocycles. The number of carbonyl (C=O) groups is 2. The average Bonchev–Trinajstić information content (AvgIpc) is 3.23. The monoisotopic (exact) mass is 372 g/mol. The number of carbonyl (C=O) groups excluding carboxylic acids is 2. The first kappa shape index (κ1) is 15.9. The van der Waals surface area contributed by atoms with Crippen LogP contribution in [0.1, 0.15) is 20.7 Å². The fourth-order valence-corrected chi connectivity index (χ4v) is 3.32. The molecule has 0 unspecified atom stereocenters.